The number of rotatable bonds is 7. The molecule has 3 aromatic rings. The average molecular weight is 502 g/mol. The highest BCUT2D eigenvalue weighted by Gasteiger charge is 2.22. The van der Waals surface area contributed by atoms with Crippen molar-refractivity contribution in [3.05, 3.63) is 75.5 Å². The van der Waals surface area contributed by atoms with E-state index in [9.17, 15) is 4.79 Å². The Balaban J connectivity index is 1.46. The first-order valence-electron chi connectivity index (χ1n) is 11.6. The number of carboxylic acid groups (broad SMARTS) is 1. The van der Waals surface area contributed by atoms with Gasteiger partial charge in [-0.1, -0.05) is 43.1 Å². The third-order valence-electron chi connectivity index (χ3n) is 6.28. The Morgan fingerprint density at radius 1 is 1.12 bits per heavy atom. The molecule has 1 N–H and O–H groups in total. The molecule has 0 radical (unpaired) electrons. The monoisotopic (exact) mass is 501 g/mol. The Morgan fingerprint density at radius 3 is 2.47 bits per heavy atom. The molecule has 6 nitrogen and oxygen atoms in total. The summed E-state index contributed by atoms with van der Waals surface area (Å²) in [5.74, 6) is -0.624. The standard InChI is InChI=1S/C26H29Cl2N3O3/c1-17(2)21-15-29-31(25-22(27)6-3-7-23(25)28)24(21)16-34-20-5-4-13-30(14-12-20)19-10-8-18(9-11-19)26(32)33/h3,6-11,15,17,20H,4-5,12-14,16H2,1-2H3,(H,32,33). The Kier molecular flexibility index (Phi) is 7.81. The van der Waals surface area contributed by atoms with Gasteiger partial charge in [-0.2, -0.15) is 5.10 Å². The number of ether oxygens (including phenoxy) is 1. The number of aromatic carboxylic acids is 1. The van der Waals surface area contributed by atoms with Crippen LogP contribution in [0.1, 0.15) is 60.6 Å². The van der Waals surface area contributed by atoms with Crippen LogP contribution >= 0.6 is 23.2 Å². The third-order valence-corrected chi connectivity index (χ3v) is 6.89. The number of halogens is 2. The molecule has 0 spiro atoms. The molecular weight excluding hydrogens is 473 g/mol. The van der Waals surface area contributed by atoms with Crippen LogP contribution in [0, 0.1) is 0 Å². The molecule has 34 heavy (non-hydrogen) atoms. The number of hydrogen-bond donors (Lipinski definition) is 1. The van der Waals surface area contributed by atoms with Crippen molar-refractivity contribution >= 4 is 34.9 Å². The zero-order valence-corrected chi connectivity index (χ0v) is 20.9. The lowest BCUT2D eigenvalue weighted by atomic mass is 10.0. The maximum atomic E-state index is 11.1. The highest BCUT2D eigenvalue weighted by molar-refractivity contribution is 6.37. The number of carboxylic acids is 1. The van der Waals surface area contributed by atoms with Crippen LogP contribution < -0.4 is 4.90 Å². The van der Waals surface area contributed by atoms with Gasteiger partial charge in [0, 0.05) is 18.8 Å². The lowest BCUT2D eigenvalue weighted by Crippen LogP contribution is -2.25. The molecule has 0 bridgehead atoms. The van der Waals surface area contributed by atoms with Crippen LogP contribution in [0.3, 0.4) is 0 Å². The van der Waals surface area contributed by atoms with Crippen molar-refractivity contribution in [2.75, 3.05) is 18.0 Å². The van der Waals surface area contributed by atoms with Crippen molar-refractivity contribution in [3.8, 4) is 5.69 Å². The number of benzene rings is 2. The first-order chi connectivity index (χ1) is 16.3. The van der Waals surface area contributed by atoms with Gasteiger partial charge in [-0.05, 0) is 67.1 Å². The molecule has 2 heterocycles. The summed E-state index contributed by atoms with van der Waals surface area (Å²) in [5.41, 5.74) is 4.10. The topological polar surface area (TPSA) is 67.6 Å². The summed E-state index contributed by atoms with van der Waals surface area (Å²) >= 11 is 12.9. The van der Waals surface area contributed by atoms with Crippen LogP contribution in [-0.4, -0.2) is 40.0 Å². The zero-order valence-electron chi connectivity index (χ0n) is 19.4. The Morgan fingerprint density at radius 2 is 1.82 bits per heavy atom. The summed E-state index contributed by atoms with van der Waals surface area (Å²) in [6.07, 6.45) is 4.84. The van der Waals surface area contributed by atoms with Crippen molar-refractivity contribution in [1.82, 2.24) is 9.78 Å². The van der Waals surface area contributed by atoms with Gasteiger partial charge in [-0.3, -0.25) is 0 Å². The normalized spacial score (nSPS) is 16.6. The molecule has 180 valence electrons. The van der Waals surface area contributed by atoms with Gasteiger partial charge < -0.3 is 14.7 Å². The second-order valence-corrected chi connectivity index (χ2v) is 9.70. The van der Waals surface area contributed by atoms with Crippen LogP contribution in [0.5, 0.6) is 0 Å². The predicted molar refractivity (Wildman–Crippen MR) is 136 cm³/mol. The van der Waals surface area contributed by atoms with Gasteiger partial charge in [0.05, 0.1) is 40.2 Å². The maximum Gasteiger partial charge on any atom is 0.335 e. The highest BCUT2D eigenvalue weighted by atomic mass is 35.5. The lowest BCUT2D eigenvalue weighted by Gasteiger charge is -2.23. The molecule has 1 aliphatic rings. The Bertz CT molecular complexity index is 1120. The summed E-state index contributed by atoms with van der Waals surface area (Å²) in [5, 5.41) is 14.8. The van der Waals surface area contributed by atoms with Gasteiger partial charge in [-0.25, -0.2) is 9.48 Å². The fourth-order valence-electron chi connectivity index (χ4n) is 4.40. The molecule has 4 rings (SSSR count). The van der Waals surface area contributed by atoms with Crippen molar-refractivity contribution in [3.63, 3.8) is 0 Å². The van der Waals surface area contributed by atoms with E-state index in [0.717, 1.165) is 49.3 Å². The average Bonchev–Trinajstić information content (AvgIpc) is 3.07. The fourth-order valence-corrected chi connectivity index (χ4v) is 4.96. The molecule has 1 saturated heterocycles. The fraction of sp³-hybridized carbons (Fsp3) is 0.385. The molecule has 1 fully saturated rings. The van der Waals surface area contributed by atoms with Crippen LogP contribution in [0.25, 0.3) is 5.69 Å². The quantitative estimate of drug-likeness (QED) is 0.396. The second kappa shape index (κ2) is 10.8. The number of aromatic nitrogens is 2. The van der Waals surface area contributed by atoms with E-state index in [4.69, 9.17) is 33.0 Å². The molecule has 1 unspecified atom stereocenters. The number of hydrogen-bond acceptors (Lipinski definition) is 4. The minimum Gasteiger partial charge on any atom is -0.478 e. The summed E-state index contributed by atoms with van der Waals surface area (Å²) in [6, 6.07) is 12.5. The van der Waals surface area contributed by atoms with Gasteiger partial charge in [-0.15, -0.1) is 0 Å². The SMILES string of the molecule is CC(C)c1cnn(-c2c(Cl)cccc2Cl)c1COC1CCCN(c2ccc(C(=O)O)cc2)CC1. The molecule has 0 saturated carbocycles. The van der Waals surface area contributed by atoms with Gasteiger partial charge in [0.1, 0.15) is 5.69 Å². The molecule has 1 aromatic heterocycles. The van der Waals surface area contributed by atoms with Crippen molar-refractivity contribution in [2.24, 2.45) is 0 Å². The van der Waals surface area contributed by atoms with E-state index in [1.54, 1.807) is 12.1 Å². The van der Waals surface area contributed by atoms with Gasteiger partial charge in [0.15, 0.2) is 0 Å². The summed E-state index contributed by atoms with van der Waals surface area (Å²) in [7, 11) is 0. The zero-order chi connectivity index (χ0) is 24.2. The largest absolute Gasteiger partial charge is 0.478 e. The number of para-hydroxylation sites is 1. The Labute approximate surface area is 210 Å². The first kappa shape index (κ1) is 24.6. The van der Waals surface area contributed by atoms with E-state index in [1.165, 1.54) is 0 Å². The molecular formula is C26H29Cl2N3O3. The highest BCUT2D eigenvalue weighted by Crippen LogP contribution is 2.32. The molecule has 2 aromatic carbocycles. The minimum absolute atomic E-state index is 0.119. The van der Waals surface area contributed by atoms with Gasteiger partial charge in [0.2, 0.25) is 0 Å². The van der Waals surface area contributed by atoms with E-state index < -0.39 is 5.97 Å². The van der Waals surface area contributed by atoms with Gasteiger partial charge in [0.25, 0.3) is 0 Å². The van der Waals surface area contributed by atoms with Crippen LogP contribution in [0.15, 0.2) is 48.7 Å². The van der Waals surface area contributed by atoms with Crippen molar-refractivity contribution in [1.29, 1.82) is 0 Å². The molecule has 0 amide bonds. The van der Waals surface area contributed by atoms with Crippen LogP contribution in [0.4, 0.5) is 5.69 Å². The molecule has 1 atom stereocenters. The summed E-state index contributed by atoms with van der Waals surface area (Å²) < 4.78 is 8.24. The summed E-state index contributed by atoms with van der Waals surface area (Å²) in [4.78, 5) is 13.4. The second-order valence-electron chi connectivity index (χ2n) is 8.89. The van der Waals surface area contributed by atoms with E-state index in [2.05, 4.69) is 23.8 Å². The lowest BCUT2D eigenvalue weighted by molar-refractivity contribution is 0.0301. The predicted octanol–water partition coefficient (Wildman–Crippen LogP) is 6.58. The molecule has 1 aliphatic heterocycles. The van der Waals surface area contributed by atoms with Crippen LogP contribution in [-0.2, 0) is 11.3 Å². The smallest absolute Gasteiger partial charge is 0.335 e. The molecule has 0 aliphatic carbocycles. The van der Waals surface area contributed by atoms with E-state index in [-0.39, 0.29) is 12.0 Å². The van der Waals surface area contributed by atoms with Gasteiger partial charge >= 0.3 is 5.97 Å². The number of anilines is 1. The van der Waals surface area contributed by atoms with E-state index in [0.29, 0.717) is 27.9 Å². The van der Waals surface area contributed by atoms with Crippen molar-refractivity contribution in [2.45, 2.75) is 51.7 Å². The van der Waals surface area contributed by atoms with Crippen molar-refractivity contribution < 1.29 is 14.6 Å². The Hall–Kier alpha value is -2.54. The first-order valence-corrected chi connectivity index (χ1v) is 12.3. The molecule has 8 heteroatoms. The number of carbonyl (C=O) groups is 1. The summed E-state index contributed by atoms with van der Waals surface area (Å²) in [6.45, 7) is 6.46. The van der Waals surface area contributed by atoms with E-state index >= 15 is 0 Å². The van der Waals surface area contributed by atoms with E-state index in [1.807, 2.05) is 41.2 Å². The number of nitrogens with zero attached hydrogens (tertiary/aromatic N) is 3. The minimum atomic E-state index is -0.908. The van der Waals surface area contributed by atoms with Crippen LogP contribution in [0.2, 0.25) is 10.0 Å². The third kappa shape index (κ3) is 5.40. The maximum absolute atomic E-state index is 11.1.